The third kappa shape index (κ3) is 2.26. The van der Waals surface area contributed by atoms with Crippen LogP contribution in [0, 0.1) is 6.92 Å². The summed E-state index contributed by atoms with van der Waals surface area (Å²) in [5.41, 5.74) is 7.61. The van der Waals surface area contributed by atoms with Crippen LogP contribution in [0.15, 0.2) is 18.2 Å². The maximum Gasteiger partial charge on any atom is 0.245 e. The molecule has 4 N–H and O–H groups in total. The number of H-pyrrole nitrogens is 1. The van der Waals surface area contributed by atoms with E-state index in [-0.39, 0.29) is 11.8 Å². The fourth-order valence-corrected chi connectivity index (χ4v) is 2.32. The summed E-state index contributed by atoms with van der Waals surface area (Å²) in [7, 11) is 0. The Bertz CT molecular complexity index is 594. The summed E-state index contributed by atoms with van der Waals surface area (Å²) in [4.78, 5) is 6.50. The molecule has 6 heteroatoms. The summed E-state index contributed by atoms with van der Waals surface area (Å²) in [6.07, 6.45) is 0.958. The molecular formula is C13H17N5O. The van der Waals surface area contributed by atoms with Crippen molar-refractivity contribution in [3.8, 4) is 17.1 Å². The van der Waals surface area contributed by atoms with E-state index in [4.69, 9.17) is 5.73 Å². The second-order valence-electron chi connectivity index (χ2n) is 5.00. The first-order valence-corrected chi connectivity index (χ1v) is 6.36. The molecule has 0 aliphatic carbocycles. The Morgan fingerprint density at radius 3 is 3.05 bits per heavy atom. The van der Waals surface area contributed by atoms with Crippen LogP contribution in [-0.4, -0.2) is 39.4 Å². The number of nitrogens with zero attached hydrogens (tertiary/aromatic N) is 3. The number of hydrogen-bond acceptors (Lipinski definition) is 5. The lowest BCUT2D eigenvalue weighted by molar-refractivity contribution is 0.477. The third-order valence-electron chi connectivity index (χ3n) is 3.39. The molecule has 2 heterocycles. The van der Waals surface area contributed by atoms with Gasteiger partial charge in [0.05, 0.1) is 5.56 Å². The van der Waals surface area contributed by atoms with Gasteiger partial charge in [-0.05, 0) is 25.5 Å². The lowest BCUT2D eigenvalue weighted by Gasteiger charge is -2.11. The Morgan fingerprint density at radius 1 is 1.47 bits per heavy atom. The molecule has 6 nitrogen and oxygen atoms in total. The number of benzene rings is 1. The SMILES string of the molecule is Cc1ccc(O)c(-c2nc(N3CCC(N)C3)n[nH]2)c1. The molecule has 100 valence electrons. The number of aromatic amines is 1. The van der Waals surface area contributed by atoms with Crippen molar-refractivity contribution in [3.05, 3.63) is 23.8 Å². The van der Waals surface area contributed by atoms with Crippen LogP contribution in [0.1, 0.15) is 12.0 Å². The predicted octanol–water partition coefficient (Wildman–Crippen LogP) is 1.02. The minimum absolute atomic E-state index is 0.189. The fourth-order valence-electron chi connectivity index (χ4n) is 2.32. The molecule has 3 rings (SSSR count). The predicted molar refractivity (Wildman–Crippen MR) is 73.0 cm³/mol. The fraction of sp³-hybridized carbons (Fsp3) is 0.385. The molecule has 1 aliphatic heterocycles. The lowest BCUT2D eigenvalue weighted by Crippen LogP contribution is -2.26. The Morgan fingerprint density at radius 2 is 2.32 bits per heavy atom. The van der Waals surface area contributed by atoms with Crippen LogP contribution in [0.2, 0.25) is 0 Å². The van der Waals surface area contributed by atoms with Crippen LogP contribution in [0.4, 0.5) is 5.95 Å². The number of aromatic hydroxyl groups is 1. The molecule has 2 aromatic rings. The monoisotopic (exact) mass is 259 g/mol. The minimum atomic E-state index is 0.189. The zero-order chi connectivity index (χ0) is 13.4. The van der Waals surface area contributed by atoms with E-state index in [1.807, 2.05) is 19.1 Å². The van der Waals surface area contributed by atoms with Gasteiger partial charge in [-0.2, -0.15) is 4.98 Å². The molecule has 1 aromatic heterocycles. The number of nitrogens with one attached hydrogen (secondary N) is 1. The quantitative estimate of drug-likeness (QED) is 0.749. The molecule has 0 radical (unpaired) electrons. The van der Waals surface area contributed by atoms with Gasteiger partial charge in [-0.1, -0.05) is 11.6 Å². The Labute approximate surface area is 111 Å². The van der Waals surface area contributed by atoms with Gasteiger partial charge in [0.25, 0.3) is 0 Å². The van der Waals surface area contributed by atoms with E-state index in [1.165, 1.54) is 0 Å². The van der Waals surface area contributed by atoms with Crippen LogP contribution in [0.5, 0.6) is 5.75 Å². The molecule has 1 atom stereocenters. The summed E-state index contributed by atoms with van der Waals surface area (Å²) in [5.74, 6) is 1.42. The largest absolute Gasteiger partial charge is 0.507 e. The number of nitrogens with two attached hydrogens (primary N) is 1. The van der Waals surface area contributed by atoms with Crippen molar-refractivity contribution >= 4 is 5.95 Å². The molecule has 1 aromatic carbocycles. The van der Waals surface area contributed by atoms with Crippen molar-refractivity contribution in [1.82, 2.24) is 15.2 Å². The van der Waals surface area contributed by atoms with E-state index in [0.29, 0.717) is 17.3 Å². The van der Waals surface area contributed by atoms with Crippen molar-refractivity contribution in [2.24, 2.45) is 5.73 Å². The van der Waals surface area contributed by atoms with Gasteiger partial charge in [0, 0.05) is 19.1 Å². The summed E-state index contributed by atoms with van der Waals surface area (Å²) >= 11 is 0. The Hall–Kier alpha value is -2.08. The van der Waals surface area contributed by atoms with Crippen molar-refractivity contribution in [2.45, 2.75) is 19.4 Å². The van der Waals surface area contributed by atoms with Crippen molar-refractivity contribution in [3.63, 3.8) is 0 Å². The molecule has 0 saturated carbocycles. The number of phenolic OH excluding ortho intramolecular Hbond substituents is 1. The first kappa shape index (κ1) is 12.0. The van der Waals surface area contributed by atoms with Gasteiger partial charge in [-0.15, -0.1) is 5.10 Å². The standard InChI is InChI=1S/C13H17N5O/c1-8-2-3-11(19)10(6-8)12-15-13(17-16-12)18-5-4-9(14)7-18/h2-3,6,9,19H,4-5,7,14H2,1H3,(H,15,16,17). The summed E-state index contributed by atoms with van der Waals surface area (Å²) in [6.45, 7) is 3.62. The zero-order valence-corrected chi connectivity index (χ0v) is 10.8. The number of rotatable bonds is 2. The second-order valence-corrected chi connectivity index (χ2v) is 5.00. The second kappa shape index (κ2) is 4.55. The van der Waals surface area contributed by atoms with Gasteiger partial charge in [0.15, 0.2) is 5.82 Å². The van der Waals surface area contributed by atoms with E-state index in [9.17, 15) is 5.11 Å². The van der Waals surface area contributed by atoms with Gasteiger partial charge in [-0.25, -0.2) is 0 Å². The lowest BCUT2D eigenvalue weighted by atomic mass is 10.1. The van der Waals surface area contributed by atoms with Gasteiger partial charge in [-0.3, -0.25) is 5.10 Å². The number of aromatic nitrogens is 3. The molecular weight excluding hydrogens is 242 g/mol. The first-order chi connectivity index (χ1) is 9.13. The Kier molecular flexibility index (Phi) is 2.87. The number of aryl methyl sites for hydroxylation is 1. The van der Waals surface area contributed by atoms with E-state index in [2.05, 4.69) is 20.1 Å². The van der Waals surface area contributed by atoms with E-state index in [0.717, 1.165) is 25.1 Å². The number of hydrogen-bond donors (Lipinski definition) is 3. The van der Waals surface area contributed by atoms with Gasteiger partial charge in [0.1, 0.15) is 5.75 Å². The van der Waals surface area contributed by atoms with Crippen LogP contribution in [0.3, 0.4) is 0 Å². The smallest absolute Gasteiger partial charge is 0.245 e. The number of anilines is 1. The first-order valence-electron chi connectivity index (χ1n) is 6.36. The molecule has 19 heavy (non-hydrogen) atoms. The Balaban J connectivity index is 1.90. The maximum absolute atomic E-state index is 9.88. The molecule has 0 bridgehead atoms. The van der Waals surface area contributed by atoms with Gasteiger partial charge >= 0.3 is 0 Å². The highest BCUT2D eigenvalue weighted by Gasteiger charge is 2.23. The average Bonchev–Trinajstić information content (AvgIpc) is 3.00. The van der Waals surface area contributed by atoms with E-state index < -0.39 is 0 Å². The van der Waals surface area contributed by atoms with E-state index >= 15 is 0 Å². The summed E-state index contributed by atoms with van der Waals surface area (Å²) in [6, 6.07) is 5.60. The molecule has 1 aliphatic rings. The average molecular weight is 259 g/mol. The minimum Gasteiger partial charge on any atom is -0.507 e. The van der Waals surface area contributed by atoms with E-state index in [1.54, 1.807) is 6.07 Å². The summed E-state index contributed by atoms with van der Waals surface area (Å²) < 4.78 is 0. The molecule has 1 unspecified atom stereocenters. The zero-order valence-electron chi connectivity index (χ0n) is 10.8. The molecule has 1 fully saturated rings. The topological polar surface area (TPSA) is 91.1 Å². The highest BCUT2D eigenvalue weighted by Crippen LogP contribution is 2.28. The molecule has 1 saturated heterocycles. The van der Waals surface area contributed by atoms with Crippen molar-refractivity contribution < 1.29 is 5.11 Å². The number of phenols is 1. The maximum atomic E-state index is 9.88. The highest BCUT2D eigenvalue weighted by molar-refractivity contribution is 5.65. The van der Waals surface area contributed by atoms with Crippen LogP contribution < -0.4 is 10.6 Å². The van der Waals surface area contributed by atoms with Gasteiger partial charge < -0.3 is 15.7 Å². The van der Waals surface area contributed by atoms with Gasteiger partial charge in [0.2, 0.25) is 5.95 Å². The molecule has 0 amide bonds. The van der Waals surface area contributed by atoms with Crippen molar-refractivity contribution in [2.75, 3.05) is 18.0 Å². The third-order valence-corrected chi connectivity index (χ3v) is 3.39. The van der Waals surface area contributed by atoms with Crippen LogP contribution >= 0.6 is 0 Å². The van der Waals surface area contributed by atoms with Crippen molar-refractivity contribution in [1.29, 1.82) is 0 Å². The highest BCUT2D eigenvalue weighted by atomic mass is 16.3. The van der Waals surface area contributed by atoms with Crippen LogP contribution in [0.25, 0.3) is 11.4 Å². The normalized spacial score (nSPS) is 19.1. The van der Waals surface area contributed by atoms with Crippen LogP contribution in [-0.2, 0) is 0 Å². The summed E-state index contributed by atoms with van der Waals surface area (Å²) in [5, 5.41) is 17.0. The molecule has 0 spiro atoms.